The van der Waals surface area contributed by atoms with Gasteiger partial charge in [0.05, 0.1) is 11.4 Å². The van der Waals surface area contributed by atoms with Crippen LogP contribution in [0.4, 0.5) is 0 Å². The highest BCUT2D eigenvalue weighted by Crippen LogP contribution is 2.33. The van der Waals surface area contributed by atoms with Gasteiger partial charge in [-0.3, -0.25) is 0 Å². The quantitative estimate of drug-likeness (QED) is 0.291. The maximum atomic E-state index is 5.97. The van der Waals surface area contributed by atoms with Crippen LogP contribution < -0.4 is 4.74 Å². The fourth-order valence-electron chi connectivity index (χ4n) is 2.82. The fourth-order valence-corrected chi connectivity index (χ4v) is 4.66. The molecule has 5 aromatic rings. The number of nitrogens with zero attached hydrogens (tertiary/aromatic N) is 5. The monoisotopic (exact) mass is 463 g/mol. The van der Waals surface area contributed by atoms with Crippen LogP contribution in [0.2, 0.25) is 5.02 Å². The van der Waals surface area contributed by atoms with Crippen LogP contribution in [0.3, 0.4) is 0 Å². The molecule has 0 aliphatic heterocycles. The molecule has 0 amide bonds. The molecule has 0 spiro atoms. The third kappa shape index (κ3) is 4.61. The van der Waals surface area contributed by atoms with Gasteiger partial charge < -0.3 is 4.74 Å². The number of hydrogen-bond acceptors (Lipinski definition) is 7. The summed E-state index contributed by atoms with van der Waals surface area (Å²) >= 11 is 8.93. The zero-order valence-corrected chi connectivity index (χ0v) is 18.3. The zero-order valence-electron chi connectivity index (χ0n) is 15.9. The van der Waals surface area contributed by atoms with E-state index in [1.54, 1.807) is 16.0 Å². The summed E-state index contributed by atoms with van der Waals surface area (Å²) in [4.78, 5) is 4.69. The number of thiazole rings is 1. The van der Waals surface area contributed by atoms with Crippen molar-refractivity contribution in [2.75, 3.05) is 0 Å². The van der Waals surface area contributed by atoms with E-state index in [2.05, 4.69) is 15.5 Å². The molecule has 3 aromatic carbocycles. The van der Waals surface area contributed by atoms with Crippen molar-refractivity contribution < 1.29 is 4.74 Å². The average Bonchev–Trinajstić information content (AvgIpc) is 3.46. The first-order chi connectivity index (χ1) is 15.2. The van der Waals surface area contributed by atoms with E-state index in [4.69, 9.17) is 21.3 Å². The summed E-state index contributed by atoms with van der Waals surface area (Å²) < 4.78 is 8.38. The first kappa shape index (κ1) is 19.7. The standard InChI is InChI=1S/C22H14ClN5OS2/c23-16-8-6-15(7-9-16)20-14-30-22(24-20)31-21-25-26-27-28(21)17-10-12-19(13-11-17)29-18-4-2-1-3-5-18/h1-14H. The molecule has 152 valence electrons. The van der Waals surface area contributed by atoms with Crippen molar-refractivity contribution in [1.82, 2.24) is 25.2 Å². The Morgan fingerprint density at radius 3 is 2.39 bits per heavy atom. The molecule has 0 fully saturated rings. The molecule has 2 aromatic heterocycles. The lowest BCUT2D eigenvalue weighted by Crippen LogP contribution is -1.98. The van der Waals surface area contributed by atoms with Gasteiger partial charge in [-0.25, -0.2) is 4.98 Å². The molecule has 0 unspecified atom stereocenters. The molecule has 0 radical (unpaired) electrons. The Morgan fingerprint density at radius 2 is 1.61 bits per heavy atom. The first-order valence-electron chi connectivity index (χ1n) is 9.26. The number of aromatic nitrogens is 5. The lowest BCUT2D eigenvalue weighted by atomic mass is 10.2. The molecule has 5 rings (SSSR count). The summed E-state index contributed by atoms with van der Waals surface area (Å²) in [6.45, 7) is 0. The maximum Gasteiger partial charge on any atom is 0.221 e. The van der Waals surface area contributed by atoms with Gasteiger partial charge in [-0.2, -0.15) is 4.68 Å². The topological polar surface area (TPSA) is 65.7 Å². The van der Waals surface area contributed by atoms with Gasteiger partial charge in [0.2, 0.25) is 5.16 Å². The third-order valence-electron chi connectivity index (χ3n) is 4.30. The van der Waals surface area contributed by atoms with Gasteiger partial charge in [-0.05, 0) is 70.7 Å². The number of tetrazole rings is 1. The third-order valence-corrected chi connectivity index (χ3v) is 6.43. The Bertz CT molecular complexity index is 1290. The van der Waals surface area contributed by atoms with Crippen LogP contribution in [0.1, 0.15) is 0 Å². The number of ether oxygens (including phenoxy) is 1. The van der Waals surface area contributed by atoms with Gasteiger partial charge in [0.1, 0.15) is 11.5 Å². The highest BCUT2D eigenvalue weighted by Gasteiger charge is 2.14. The van der Waals surface area contributed by atoms with Crippen LogP contribution in [-0.2, 0) is 0 Å². The van der Waals surface area contributed by atoms with Gasteiger partial charge in [0.25, 0.3) is 0 Å². The smallest absolute Gasteiger partial charge is 0.221 e. The minimum atomic E-state index is 0.633. The Balaban J connectivity index is 1.32. The summed E-state index contributed by atoms with van der Waals surface area (Å²) in [6, 6.07) is 24.9. The molecule has 0 N–H and O–H groups in total. The molecule has 0 saturated heterocycles. The first-order valence-corrected chi connectivity index (χ1v) is 11.3. The molecule has 0 saturated carbocycles. The van der Waals surface area contributed by atoms with Gasteiger partial charge in [0, 0.05) is 16.0 Å². The highest BCUT2D eigenvalue weighted by molar-refractivity contribution is 8.00. The summed E-state index contributed by atoms with van der Waals surface area (Å²) in [5.74, 6) is 1.53. The molecule has 31 heavy (non-hydrogen) atoms. The minimum absolute atomic E-state index is 0.633. The lowest BCUT2D eigenvalue weighted by Gasteiger charge is -2.07. The second-order valence-corrected chi connectivity index (χ2v) is 8.90. The molecular formula is C22H14ClN5OS2. The Kier molecular flexibility index (Phi) is 5.66. The molecule has 0 atom stereocenters. The molecular weight excluding hydrogens is 450 g/mol. The van der Waals surface area contributed by atoms with Crippen molar-refractivity contribution in [2.24, 2.45) is 0 Å². The normalized spacial score (nSPS) is 10.9. The lowest BCUT2D eigenvalue weighted by molar-refractivity contribution is 0.482. The summed E-state index contributed by atoms with van der Waals surface area (Å²) in [5.41, 5.74) is 2.74. The molecule has 0 aliphatic carbocycles. The van der Waals surface area contributed by atoms with Crippen molar-refractivity contribution >= 4 is 34.7 Å². The molecule has 6 nitrogen and oxygen atoms in total. The predicted octanol–water partition coefficient (Wildman–Crippen LogP) is 6.38. The van der Waals surface area contributed by atoms with Crippen molar-refractivity contribution in [1.29, 1.82) is 0 Å². The van der Waals surface area contributed by atoms with Crippen molar-refractivity contribution in [3.05, 3.63) is 89.3 Å². The molecule has 0 bridgehead atoms. The van der Waals surface area contributed by atoms with E-state index in [0.29, 0.717) is 10.2 Å². The van der Waals surface area contributed by atoms with Crippen molar-refractivity contribution in [3.8, 4) is 28.4 Å². The molecule has 9 heteroatoms. The van der Waals surface area contributed by atoms with Crippen LogP contribution in [0.15, 0.2) is 93.7 Å². The second-order valence-electron chi connectivity index (χ2n) is 6.39. The van der Waals surface area contributed by atoms with Crippen LogP contribution in [0, 0.1) is 0 Å². The van der Waals surface area contributed by atoms with Gasteiger partial charge in [-0.15, -0.1) is 16.4 Å². The Hall–Kier alpha value is -3.20. The number of para-hydroxylation sites is 1. The number of benzene rings is 3. The number of rotatable bonds is 6. The molecule has 2 heterocycles. The zero-order chi connectivity index (χ0) is 21.0. The maximum absolute atomic E-state index is 5.97. The number of halogens is 1. The van der Waals surface area contributed by atoms with E-state index >= 15 is 0 Å². The summed E-state index contributed by atoms with van der Waals surface area (Å²) in [7, 11) is 0. The van der Waals surface area contributed by atoms with E-state index in [1.165, 1.54) is 11.8 Å². The van der Waals surface area contributed by atoms with E-state index in [-0.39, 0.29) is 0 Å². The van der Waals surface area contributed by atoms with E-state index < -0.39 is 0 Å². The average molecular weight is 464 g/mol. The Morgan fingerprint density at radius 1 is 0.871 bits per heavy atom. The van der Waals surface area contributed by atoms with E-state index in [1.807, 2.05) is 84.2 Å². The van der Waals surface area contributed by atoms with Gasteiger partial charge in [0.15, 0.2) is 4.34 Å². The summed E-state index contributed by atoms with van der Waals surface area (Å²) in [5, 5.41) is 15.5. The van der Waals surface area contributed by atoms with Gasteiger partial charge >= 0.3 is 0 Å². The van der Waals surface area contributed by atoms with Crippen LogP contribution >= 0.6 is 34.7 Å². The molecule has 0 aliphatic rings. The Labute approximate surface area is 191 Å². The van der Waals surface area contributed by atoms with E-state index in [9.17, 15) is 0 Å². The van der Waals surface area contributed by atoms with Crippen LogP contribution in [0.25, 0.3) is 16.9 Å². The minimum Gasteiger partial charge on any atom is -0.457 e. The van der Waals surface area contributed by atoms with Gasteiger partial charge in [-0.1, -0.05) is 41.9 Å². The predicted molar refractivity (Wildman–Crippen MR) is 122 cm³/mol. The van der Waals surface area contributed by atoms with Crippen molar-refractivity contribution in [3.63, 3.8) is 0 Å². The summed E-state index contributed by atoms with van der Waals surface area (Å²) in [6.07, 6.45) is 0. The van der Waals surface area contributed by atoms with E-state index in [0.717, 1.165) is 32.8 Å². The number of hydrogen-bond donors (Lipinski definition) is 0. The SMILES string of the molecule is Clc1ccc(-c2csc(Sc3nnnn3-c3ccc(Oc4ccccc4)cc3)n2)cc1. The van der Waals surface area contributed by atoms with Crippen LogP contribution in [0.5, 0.6) is 11.5 Å². The van der Waals surface area contributed by atoms with Crippen LogP contribution in [-0.4, -0.2) is 25.2 Å². The second kappa shape index (κ2) is 8.89. The van der Waals surface area contributed by atoms with Crippen molar-refractivity contribution in [2.45, 2.75) is 9.50 Å². The fraction of sp³-hybridized carbons (Fsp3) is 0. The largest absolute Gasteiger partial charge is 0.457 e. The highest BCUT2D eigenvalue weighted by atomic mass is 35.5.